The molecule has 2 aromatic heterocycles. The number of carboxylic acid groups (broad SMARTS) is 4. The highest BCUT2D eigenvalue weighted by Crippen LogP contribution is 2.30. The number of rotatable bonds is 16. The van der Waals surface area contributed by atoms with E-state index >= 15 is 0 Å². The van der Waals surface area contributed by atoms with Crippen LogP contribution in [0.25, 0.3) is 5.65 Å². The molecule has 16 nitrogen and oxygen atoms in total. The molecule has 0 spiro atoms. The highest BCUT2D eigenvalue weighted by molar-refractivity contribution is 5.90. The predicted molar refractivity (Wildman–Crippen MR) is 211 cm³/mol. The fraction of sp³-hybridized carbons (Fsp3) is 0.357. The Morgan fingerprint density at radius 2 is 1.28 bits per heavy atom. The lowest BCUT2D eigenvalue weighted by Crippen LogP contribution is -2.38. The van der Waals surface area contributed by atoms with Gasteiger partial charge in [-0.1, -0.05) is 60.7 Å². The van der Waals surface area contributed by atoms with Crippen LogP contribution in [0, 0.1) is 0 Å². The highest BCUT2D eigenvalue weighted by atomic mass is 16.5. The average molecular weight is 803 g/mol. The summed E-state index contributed by atoms with van der Waals surface area (Å²) in [6.07, 6.45) is 6.94. The van der Waals surface area contributed by atoms with Gasteiger partial charge in [-0.2, -0.15) is 0 Å². The molecule has 16 heteroatoms. The number of carboxylic acids is 4. The normalized spacial score (nSPS) is 13.5. The number of ether oxygens (including phenoxy) is 3. The number of esters is 1. The molecule has 0 atom stereocenters. The van der Waals surface area contributed by atoms with Crippen LogP contribution in [0.15, 0.2) is 103 Å². The number of aromatic nitrogens is 3. The van der Waals surface area contributed by atoms with Gasteiger partial charge in [0.05, 0.1) is 30.7 Å². The molecule has 1 saturated heterocycles. The van der Waals surface area contributed by atoms with Gasteiger partial charge in [0.2, 0.25) is 5.88 Å². The smallest absolute Gasteiger partial charge is 0.328 e. The predicted octanol–water partition coefficient (Wildman–Crippen LogP) is 5.42. The monoisotopic (exact) mass is 802 g/mol. The minimum Gasteiger partial charge on any atom is -0.478 e. The maximum atomic E-state index is 12.6. The van der Waals surface area contributed by atoms with Gasteiger partial charge in [0, 0.05) is 50.0 Å². The maximum absolute atomic E-state index is 12.6. The molecule has 4 aromatic rings. The summed E-state index contributed by atoms with van der Waals surface area (Å²) in [6.45, 7) is 10.9. The summed E-state index contributed by atoms with van der Waals surface area (Å²) >= 11 is 0. The van der Waals surface area contributed by atoms with Gasteiger partial charge in [0.15, 0.2) is 5.65 Å². The molecule has 0 saturated carbocycles. The summed E-state index contributed by atoms with van der Waals surface area (Å²) in [5.74, 6) is -4.80. The van der Waals surface area contributed by atoms with Crippen LogP contribution in [0.4, 0.5) is 0 Å². The maximum Gasteiger partial charge on any atom is 0.328 e. The Balaban J connectivity index is 0.000000473. The molecule has 1 aliphatic heterocycles. The number of carbonyl (C=O) groups is 5. The number of hydrogen-bond acceptors (Lipinski definition) is 11. The minimum absolute atomic E-state index is 0.0475. The van der Waals surface area contributed by atoms with Crippen molar-refractivity contribution >= 4 is 35.5 Å². The number of fused-ring (bicyclic) bond motifs is 1. The first-order chi connectivity index (χ1) is 27.5. The molecule has 0 amide bonds. The number of aliphatic carboxylic acids is 4. The van der Waals surface area contributed by atoms with Gasteiger partial charge < -0.3 is 39.5 Å². The Morgan fingerprint density at radius 3 is 1.74 bits per heavy atom. The van der Waals surface area contributed by atoms with E-state index in [2.05, 4.69) is 63.5 Å². The molecule has 0 unspecified atom stereocenters. The van der Waals surface area contributed by atoms with E-state index in [9.17, 15) is 24.0 Å². The van der Waals surface area contributed by atoms with Crippen LogP contribution in [0.5, 0.6) is 5.88 Å². The number of hydrogen-bond donors (Lipinski definition) is 4. The number of carbonyl (C=O) groups excluding carboxylic acids is 1. The zero-order chi connectivity index (χ0) is 42.7. The second-order valence-corrected chi connectivity index (χ2v) is 13.8. The van der Waals surface area contributed by atoms with E-state index in [1.807, 2.05) is 52.0 Å². The molecule has 4 N–H and O–H groups in total. The molecule has 5 rings (SSSR count). The molecule has 1 fully saturated rings. The molecule has 0 aliphatic carbocycles. The fourth-order valence-corrected chi connectivity index (χ4v) is 5.53. The van der Waals surface area contributed by atoms with Crippen molar-refractivity contribution in [3.05, 3.63) is 120 Å². The number of imidazole rings is 1. The lowest BCUT2D eigenvalue weighted by Gasteiger charge is -2.34. The first-order valence-electron chi connectivity index (χ1n) is 18.5. The summed E-state index contributed by atoms with van der Waals surface area (Å²) in [7, 11) is 0. The van der Waals surface area contributed by atoms with E-state index in [4.69, 9.17) is 34.6 Å². The van der Waals surface area contributed by atoms with Crippen LogP contribution in [0.3, 0.4) is 0 Å². The Hall–Kier alpha value is -6.39. The van der Waals surface area contributed by atoms with Crippen molar-refractivity contribution in [3.8, 4) is 5.88 Å². The van der Waals surface area contributed by atoms with E-state index in [0.717, 1.165) is 38.9 Å². The Bertz CT molecular complexity index is 1900. The van der Waals surface area contributed by atoms with Crippen molar-refractivity contribution < 1.29 is 58.6 Å². The zero-order valence-corrected chi connectivity index (χ0v) is 32.8. The standard InChI is InChI=1S/C34H42N4O4.2C4H4O4/c1-25(2)41-33(39)34(3,4)29-24-38-30(35-29)16-17-31(36-38)40-23-11-20-37-21-18-28(19-22-37)42-32(26-12-7-5-8-13-26)27-14-9-6-10-15-27;2*5-3(6)1-2-4(7)8/h5-10,12-17,24-25,28,32H,11,18-23H2,1-4H3;2*1-2H,(H,5,6)(H,7,8)/b;2*2-1+. The second kappa shape index (κ2) is 23.0. The van der Waals surface area contributed by atoms with Crippen LogP contribution in [0.2, 0.25) is 0 Å². The lowest BCUT2D eigenvalue weighted by atomic mass is 9.90. The number of nitrogens with zero attached hydrogens (tertiary/aromatic N) is 4. The lowest BCUT2D eigenvalue weighted by molar-refractivity contribution is -0.153. The van der Waals surface area contributed by atoms with E-state index < -0.39 is 29.3 Å². The van der Waals surface area contributed by atoms with Gasteiger partial charge >= 0.3 is 29.8 Å². The van der Waals surface area contributed by atoms with Gasteiger partial charge in [0.1, 0.15) is 11.5 Å². The van der Waals surface area contributed by atoms with Crippen molar-refractivity contribution in [1.82, 2.24) is 19.5 Å². The summed E-state index contributed by atoms with van der Waals surface area (Å²) in [4.78, 5) is 57.9. The molecule has 0 radical (unpaired) electrons. The van der Waals surface area contributed by atoms with Crippen molar-refractivity contribution in [2.75, 3.05) is 26.2 Å². The molecule has 1 aliphatic rings. The molecular formula is C42H50N4O12. The minimum atomic E-state index is -1.26. The topological polar surface area (TPSA) is 227 Å². The first kappa shape index (κ1) is 46.0. The third-order valence-electron chi connectivity index (χ3n) is 8.46. The van der Waals surface area contributed by atoms with Crippen molar-refractivity contribution in [3.63, 3.8) is 0 Å². The van der Waals surface area contributed by atoms with Crippen molar-refractivity contribution in [2.24, 2.45) is 0 Å². The van der Waals surface area contributed by atoms with E-state index in [-0.39, 0.29) is 24.3 Å². The van der Waals surface area contributed by atoms with Gasteiger partial charge in [-0.3, -0.25) is 4.79 Å². The van der Waals surface area contributed by atoms with Crippen molar-refractivity contribution in [2.45, 2.75) is 70.7 Å². The SMILES string of the molecule is CC(C)OC(=O)C(C)(C)c1cn2nc(OCCCN3CCC(OC(c4ccccc4)c4ccccc4)CC3)ccc2n1.O=C(O)/C=C/C(=O)O.O=C(O)/C=C/C(=O)O. The summed E-state index contributed by atoms with van der Waals surface area (Å²) < 4.78 is 19.7. The fourth-order valence-electron chi connectivity index (χ4n) is 5.53. The third-order valence-corrected chi connectivity index (χ3v) is 8.46. The van der Waals surface area contributed by atoms with E-state index in [1.54, 1.807) is 10.7 Å². The Kier molecular flexibility index (Phi) is 18.2. The van der Waals surface area contributed by atoms with Crippen LogP contribution in [0.1, 0.15) is 69.9 Å². The van der Waals surface area contributed by atoms with Gasteiger partial charge in [-0.05, 0) is 64.2 Å². The second-order valence-electron chi connectivity index (χ2n) is 13.8. The molecule has 0 bridgehead atoms. The number of likely N-dealkylation sites (tertiary alicyclic amines) is 1. The zero-order valence-electron chi connectivity index (χ0n) is 32.8. The summed E-state index contributed by atoms with van der Waals surface area (Å²) in [6, 6.07) is 24.7. The van der Waals surface area contributed by atoms with Crippen LogP contribution in [-0.4, -0.2) is 108 Å². The van der Waals surface area contributed by atoms with Crippen LogP contribution < -0.4 is 4.74 Å². The van der Waals surface area contributed by atoms with E-state index in [0.29, 0.717) is 48.1 Å². The average Bonchev–Trinajstić information content (AvgIpc) is 3.63. The molecule has 3 heterocycles. The summed E-state index contributed by atoms with van der Waals surface area (Å²) in [5.41, 5.74) is 2.79. The van der Waals surface area contributed by atoms with Gasteiger partial charge in [-0.25, -0.2) is 28.7 Å². The van der Waals surface area contributed by atoms with E-state index in [1.165, 1.54) is 11.1 Å². The number of benzene rings is 2. The molecule has 2 aromatic carbocycles. The third kappa shape index (κ3) is 16.0. The number of piperidine rings is 1. The van der Waals surface area contributed by atoms with Crippen LogP contribution >= 0.6 is 0 Å². The Morgan fingerprint density at radius 1 is 0.776 bits per heavy atom. The first-order valence-corrected chi connectivity index (χ1v) is 18.5. The quantitative estimate of drug-likeness (QED) is 0.0630. The van der Waals surface area contributed by atoms with Crippen LogP contribution in [-0.2, 0) is 38.9 Å². The molecule has 310 valence electrons. The molecule has 58 heavy (non-hydrogen) atoms. The highest BCUT2D eigenvalue weighted by Gasteiger charge is 2.35. The summed E-state index contributed by atoms with van der Waals surface area (Å²) in [5, 5.41) is 35.8. The Labute approximate surface area is 336 Å². The van der Waals surface area contributed by atoms with Crippen molar-refractivity contribution in [1.29, 1.82) is 0 Å². The van der Waals surface area contributed by atoms with Gasteiger partial charge in [0.25, 0.3) is 0 Å². The van der Waals surface area contributed by atoms with Gasteiger partial charge in [-0.15, -0.1) is 5.10 Å². The molecular weight excluding hydrogens is 752 g/mol. The largest absolute Gasteiger partial charge is 0.478 e.